The number of benzene rings is 3. The lowest BCUT2D eigenvalue weighted by Gasteiger charge is -2.09. The van der Waals surface area contributed by atoms with Crippen LogP contribution in [0.3, 0.4) is 0 Å². The smallest absolute Gasteiger partial charge is 0.255 e. The second-order valence-corrected chi connectivity index (χ2v) is 6.32. The fraction of sp³-hybridized carbons (Fsp3) is 0. The molecule has 4 rings (SSSR count). The summed E-state index contributed by atoms with van der Waals surface area (Å²) in [6.45, 7) is 0. The third kappa shape index (κ3) is 3.51. The fourth-order valence-corrected chi connectivity index (χ4v) is 3.18. The maximum atomic E-state index is 12.5. The third-order valence-corrected chi connectivity index (χ3v) is 4.46. The minimum Gasteiger partial charge on any atom is -0.457 e. The van der Waals surface area contributed by atoms with E-state index in [9.17, 15) is 4.79 Å². The van der Waals surface area contributed by atoms with Crippen LogP contribution in [0.4, 0.5) is 5.69 Å². The Hall–Kier alpha value is -3.18. The monoisotopic (exact) mass is 346 g/mol. The number of nitrogens with one attached hydrogen (secondary N) is 1. The molecule has 3 aromatic carbocycles. The molecule has 0 aliphatic carbocycles. The van der Waals surface area contributed by atoms with Crippen LogP contribution in [0.2, 0.25) is 0 Å². The highest BCUT2D eigenvalue weighted by molar-refractivity contribution is 7.16. The minimum atomic E-state index is -0.160. The number of anilines is 1. The van der Waals surface area contributed by atoms with E-state index >= 15 is 0 Å². The SMILES string of the molecule is O=C(Nc1cccc(Oc2ccccc2)c1)c1ccc2ncsc2c1. The van der Waals surface area contributed by atoms with E-state index < -0.39 is 0 Å². The van der Waals surface area contributed by atoms with Crippen molar-refractivity contribution in [2.24, 2.45) is 0 Å². The number of para-hydroxylation sites is 1. The van der Waals surface area contributed by atoms with Crippen molar-refractivity contribution in [3.05, 3.63) is 83.9 Å². The van der Waals surface area contributed by atoms with Gasteiger partial charge in [0.2, 0.25) is 0 Å². The zero-order chi connectivity index (χ0) is 17.1. The van der Waals surface area contributed by atoms with E-state index in [2.05, 4.69) is 10.3 Å². The zero-order valence-corrected chi connectivity index (χ0v) is 14.0. The van der Waals surface area contributed by atoms with Crippen molar-refractivity contribution < 1.29 is 9.53 Å². The number of ether oxygens (including phenoxy) is 1. The minimum absolute atomic E-state index is 0.160. The molecule has 1 heterocycles. The molecule has 0 atom stereocenters. The van der Waals surface area contributed by atoms with Crippen molar-refractivity contribution in [2.75, 3.05) is 5.32 Å². The summed E-state index contributed by atoms with van der Waals surface area (Å²) in [6.07, 6.45) is 0. The lowest BCUT2D eigenvalue weighted by atomic mass is 10.2. The molecule has 0 unspecified atom stereocenters. The first kappa shape index (κ1) is 15.4. The van der Waals surface area contributed by atoms with Crippen LogP contribution in [0.15, 0.2) is 78.3 Å². The summed E-state index contributed by atoms with van der Waals surface area (Å²) in [5, 5.41) is 2.91. The molecular formula is C20H14N2O2S. The van der Waals surface area contributed by atoms with Gasteiger partial charge in [-0.3, -0.25) is 4.79 Å². The van der Waals surface area contributed by atoms with Gasteiger partial charge in [0.1, 0.15) is 11.5 Å². The lowest BCUT2D eigenvalue weighted by molar-refractivity contribution is 0.102. The summed E-state index contributed by atoms with van der Waals surface area (Å²) in [7, 11) is 0. The predicted octanol–water partition coefficient (Wildman–Crippen LogP) is 5.34. The van der Waals surface area contributed by atoms with Crippen molar-refractivity contribution in [2.45, 2.75) is 0 Å². The molecule has 0 spiro atoms. The van der Waals surface area contributed by atoms with Gasteiger partial charge in [-0.1, -0.05) is 24.3 Å². The molecule has 1 N–H and O–H groups in total. The number of thiazole rings is 1. The van der Waals surface area contributed by atoms with Gasteiger partial charge < -0.3 is 10.1 Å². The van der Waals surface area contributed by atoms with E-state index in [-0.39, 0.29) is 5.91 Å². The second kappa shape index (κ2) is 6.75. The van der Waals surface area contributed by atoms with Crippen LogP contribution in [0.5, 0.6) is 11.5 Å². The molecule has 0 fully saturated rings. The third-order valence-electron chi connectivity index (χ3n) is 3.66. The van der Waals surface area contributed by atoms with Gasteiger partial charge >= 0.3 is 0 Å². The molecule has 0 saturated carbocycles. The molecule has 122 valence electrons. The summed E-state index contributed by atoms with van der Waals surface area (Å²) < 4.78 is 6.79. The van der Waals surface area contributed by atoms with Crippen molar-refractivity contribution in [3.8, 4) is 11.5 Å². The Morgan fingerprint density at radius 2 is 1.76 bits per heavy atom. The predicted molar refractivity (Wildman–Crippen MR) is 101 cm³/mol. The highest BCUT2D eigenvalue weighted by Gasteiger charge is 2.09. The highest BCUT2D eigenvalue weighted by atomic mass is 32.1. The molecule has 0 radical (unpaired) electrons. The molecule has 4 aromatic rings. The maximum absolute atomic E-state index is 12.5. The van der Waals surface area contributed by atoms with E-state index in [1.54, 1.807) is 17.6 Å². The largest absolute Gasteiger partial charge is 0.457 e. The van der Waals surface area contributed by atoms with Crippen molar-refractivity contribution in [3.63, 3.8) is 0 Å². The van der Waals surface area contributed by atoms with E-state index in [1.807, 2.05) is 60.7 Å². The van der Waals surface area contributed by atoms with Gasteiger partial charge in [0.05, 0.1) is 15.7 Å². The maximum Gasteiger partial charge on any atom is 0.255 e. The zero-order valence-electron chi connectivity index (χ0n) is 13.2. The number of nitrogens with zero attached hydrogens (tertiary/aromatic N) is 1. The number of carbonyl (C=O) groups is 1. The van der Waals surface area contributed by atoms with Gasteiger partial charge in [-0.05, 0) is 42.5 Å². The first-order chi connectivity index (χ1) is 12.3. The molecule has 1 amide bonds. The molecule has 0 bridgehead atoms. The highest BCUT2D eigenvalue weighted by Crippen LogP contribution is 2.25. The number of hydrogen-bond acceptors (Lipinski definition) is 4. The standard InChI is InChI=1S/C20H14N2O2S/c23-20(14-9-10-18-19(11-14)25-13-21-18)22-15-5-4-8-17(12-15)24-16-6-2-1-3-7-16/h1-13H,(H,22,23). The van der Waals surface area contributed by atoms with Crippen LogP contribution < -0.4 is 10.1 Å². The number of amides is 1. The van der Waals surface area contributed by atoms with E-state index in [4.69, 9.17) is 4.74 Å². The van der Waals surface area contributed by atoms with Crippen LogP contribution in [-0.2, 0) is 0 Å². The lowest BCUT2D eigenvalue weighted by Crippen LogP contribution is -2.11. The number of hydrogen-bond donors (Lipinski definition) is 1. The van der Waals surface area contributed by atoms with Crippen molar-refractivity contribution in [1.29, 1.82) is 0 Å². The number of fused-ring (bicyclic) bond motifs is 1. The van der Waals surface area contributed by atoms with Crippen LogP contribution in [0.25, 0.3) is 10.2 Å². The van der Waals surface area contributed by atoms with Gasteiger partial charge in [-0.2, -0.15) is 0 Å². The summed E-state index contributed by atoms with van der Waals surface area (Å²) in [5.41, 5.74) is 3.96. The summed E-state index contributed by atoms with van der Waals surface area (Å²) in [5.74, 6) is 1.26. The van der Waals surface area contributed by atoms with Crippen molar-refractivity contribution in [1.82, 2.24) is 4.98 Å². The first-order valence-electron chi connectivity index (χ1n) is 7.75. The summed E-state index contributed by atoms with van der Waals surface area (Å²) in [6, 6.07) is 22.4. The van der Waals surface area contributed by atoms with Crippen molar-refractivity contribution >= 4 is 33.1 Å². The Morgan fingerprint density at radius 3 is 2.64 bits per heavy atom. The summed E-state index contributed by atoms with van der Waals surface area (Å²) in [4.78, 5) is 16.7. The molecular weight excluding hydrogens is 332 g/mol. The summed E-state index contributed by atoms with van der Waals surface area (Å²) >= 11 is 1.52. The molecule has 0 aliphatic heterocycles. The quantitative estimate of drug-likeness (QED) is 0.542. The Bertz CT molecular complexity index is 1030. The Labute approximate surface area is 148 Å². The average molecular weight is 346 g/mol. The topological polar surface area (TPSA) is 51.2 Å². The average Bonchev–Trinajstić information content (AvgIpc) is 3.10. The first-order valence-corrected chi connectivity index (χ1v) is 8.63. The van der Waals surface area contributed by atoms with Gasteiger partial charge in [0.25, 0.3) is 5.91 Å². The van der Waals surface area contributed by atoms with Gasteiger partial charge in [0, 0.05) is 17.3 Å². The normalized spacial score (nSPS) is 10.6. The molecule has 25 heavy (non-hydrogen) atoms. The van der Waals surface area contributed by atoms with E-state index in [0.717, 1.165) is 16.0 Å². The van der Waals surface area contributed by atoms with Crippen LogP contribution in [-0.4, -0.2) is 10.9 Å². The number of rotatable bonds is 4. The molecule has 0 aliphatic rings. The molecule has 1 aromatic heterocycles. The fourth-order valence-electron chi connectivity index (χ4n) is 2.46. The van der Waals surface area contributed by atoms with Crippen LogP contribution in [0.1, 0.15) is 10.4 Å². The van der Waals surface area contributed by atoms with E-state index in [0.29, 0.717) is 17.0 Å². The number of aromatic nitrogens is 1. The Balaban J connectivity index is 1.52. The van der Waals surface area contributed by atoms with Gasteiger partial charge in [0.15, 0.2) is 0 Å². The molecule has 0 saturated heterocycles. The van der Waals surface area contributed by atoms with E-state index in [1.165, 1.54) is 11.3 Å². The van der Waals surface area contributed by atoms with Crippen LogP contribution >= 0.6 is 11.3 Å². The second-order valence-electron chi connectivity index (χ2n) is 5.43. The molecule has 5 heteroatoms. The van der Waals surface area contributed by atoms with Gasteiger partial charge in [-0.25, -0.2) is 4.98 Å². The number of carbonyl (C=O) groups excluding carboxylic acids is 1. The van der Waals surface area contributed by atoms with Gasteiger partial charge in [-0.15, -0.1) is 11.3 Å². The molecule has 4 nitrogen and oxygen atoms in total. The van der Waals surface area contributed by atoms with Crippen LogP contribution in [0, 0.1) is 0 Å². The Morgan fingerprint density at radius 1 is 0.920 bits per heavy atom. The Kier molecular flexibility index (Phi) is 4.14.